The van der Waals surface area contributed by atoms with Gasteiger partial charge in [0.05, 0.1) is 0 Å². The van der Waals surface area contributed by atoms with Crippen LogP contribution in [-0.2, 0) is 4.79 Å². The van der Waals surface area contributed by atoms with E-state index in [2.05, 4.69) is 20.9 Å². The maximum absolute atomic E-state index is 12.0. The van der Waals surface area contributed by atoms with E-state index in [9.17, 15) is 9.59 Å². The number of imide groups is 1. The van der Waals surface area contributed by atoms with E-state index in [1.807, 2.05) is 25.2 Å². The third kappa shape index (κ3) is 2.82. The average molecular weight is 342 g/mol. The normalized spacial score (nSPS) is 25.3. The molecular weight excluding hydrogens is 320 g/mol. The van der Waals surface area contributed by atoms with Crippen molar-refractivity contribution in [2.45, 2.75) is 24.9 Å². The number of urea groups is 1. The second-order valence-corrected chi connectivity index (χ2v) is 6.78. The molecule has 4 aliphatic heterocycles. The lowest BCUT2D eigenvalue weighted by Gasteiger charge is -2.49. The molecule has 1 aromatic rings. The van der Waals surface area contributed by atoms with Crippen molar-refractivity contribution in [2.24, 2.45) is 0 Å². The number of piperidine rings is 1. The predicted octanol–water partition coefficient (Wildman–Crippen LogP) is 0.546. The number of piperazine rings is 1. The Balaban J connectivity index is 1.56. The zero-order chi connectivity index (χ0) is 17.6. The third-order valence-electron chi connectivity index (χ3n) is 5.14. The molecule has 8 heteroatoms. The van der Waals surface area contributed by atoms with E-state index < -0.39 is 6.03 Å². The molecule has 0 radical (unpaired) electrons. The topological polar surface area (TPSA) is 101 Å². The molecule has 132 valence electrons. The molecule has 1 aromatic carbocycles. The first-order valence-electron chi connectivity index (χ1n) is 8.58. The second-order valence-electron chi connectivity index (χ2n) is 6.78. The number of hydrogen-bond acceptors (Lipinski definition) is 6. The van der Waals surface area contributed by atoms with Gasteiger partial charge < -0.3 is 15.5 Å². The molecule has 4 aliphatic rings. The first-order valence-corrected chi connectivity index (χ1v) is 8.58. The van der Waals surface area contributed by atoms with E-state index in [-0.39, 0.29) is 24.7 Å². The molecule has 0 aliphatic carbocycles. The van der Waals surface area contributed by atoms with Crippen LogP contribution in [0.3, 0.4) is 0 Å². The summed E-state index contributed by atoms with van der Waals surface area (Å²) in [5.74, 6) is -0.195. The minimum atomic E-state index is -0.533. The van der Waals surface area contributed by atoms with Crippen LogP contribution in [0.5, 0.6) is 0 Å². The quantitative estimate of drug-likeness (QED) is 0.475. The highest BCUT2D eigenvalue weighted by molar-refractivity contribution is 6.12. The molecule has 4 N–H and O–H groups in total. The lowest BCUT2D eigenvalue weighted by Crippen LogP contribution is -2.67. The standard InChI is InChI=1S/C17H22N6O2/c1-19-14-7-12(22-8-10-6-11(9-22)20-10)2-3-13(14)16(18)23-5-4-15(24)21-17(23)25/h2-3,7,10-11,18-20H,4-6,8-9H2,1H3,(H,21,24,25). The molecule has 2 unspecified atom stereocenters. The van der Waals surface area contributed by atoms with Gasteiger partial charge in [-0.3, -0.25) is 20.4 Å². The Morgan fingerprint density at radius 3 is 2.64 bits per heavy atom. The number of fused-ring (bicyclic) bond motifs is 2. The van der Waals surface area contributed by atoms with E-state index in [0.29, 0.717) is 17.6 Å². The summed E-state index contributed by atoms with van der Waals surface area (Å²) in [5, 5.41) is 17.3. The van der Waals surface area contributed by atoms with E-state index in [0.717, 1.165) is 24.5 Å². The first-order chi connectivity index (χ1) is 12.0. The van der Waals surface area contributed by atoms with Gasteiger partial charge >= 0.3 is 6.03 Å². The van der Waals surface area contributed by atoms with Gasteiger partial charge in [0.15, 0.2) is 0 Å². The van der Waals surface area contributed by atoms with E-state index in [4.69, 9.17) is 5.41 Å². The van der Waals surface area contributed by atoms with Gasteiger partial charge in [0.25, 0.3) is 0 Å². The highest BCUT2D eigenvalue weighted by Crippen LogP contribution is 2.30. The highest BCUT2D eigenvalue weighted by Gasteiger charge is 2.36. The number of carbonyl (C=O) groups is 2. The summed E-state index contributed by atoms with van der Waals surface area (Å²) in [7, 11) is 1.81. The van der Waals surface area contributed by atoms with Gasteiger partial charge in [-0.05, 0) is 24.6 Å². The van der Waals surface area contributed by atoms with Crippen molar-refractivity contribution < 1.29 is 9.59 Å². The van der Waals surface area contributed by atoms with Crippen molar-refractivity contribution in [2.75, 3.05) is 36.9 Å². The van der Waals surface area contributed by atoms with E-state index >= 15 is 0 Å². The smallest absolute Gasteiger partial charge is 0.329 e. The van der Waals surface area contributed by atoms with Gasteiger partial charge in [0, 0.05) is 62.1 Å². The molecule has 25 heavy (non-hydrogen) atoms. The van der Waals surface area contributed by atoms with E-state index in [1.165, 1.54) is 11.3 Å². The van der Waals surface area contributed by atoms with Crippen LogP contribution < -0.4 is 20.9 Å². The molecule has 4 saturated heterocycles. The number of amidine groups is 1. The van der Waals surface area contributed by atoms with Crippen LogP contribution >= 0.6 is 0 Å². The Labute approximate surface area is 146 Å². The van der Waals surface area contributed by atoms with E-state index in [1.54, 1.807) is 0 Å². The second kappa shape index (κ2) is 6.03. The van der Waals surface area contributed by atoms with Crippen molar-refractivity contribution in [1.29, 1.82) is 5.41 Å². The average Bonchev–Trinajstić information content (AvgIpc) is 2.60. The third-order valence-corrected chi connectivity index (χ3v) is 5.14. The summed E-state index contributed by atoms with van der Waals surface area (Å²) in [5.41, 5.74) is 2.57. The van der Waals surface area contributed by atoms with Crippen LogP contribution in [0.25, 0.3) is 0 Å². The molecule has 4 fully saturated rings. The van der Waals surface area contributed by atoms with Gasteiger partial charge in [-0.1, -0.05) is 0 Å². The van der Waals surface area contributed by atoms with Crippen molar-refractivity contribution in [1.82, 2.24) is 15.5 Å². The highest BCUT2D eigenvalue weighted by atomic mass is 16.2. The number of nitrogens with zero attached hydrogens (tertiary/aromatic N) is 2. The van der Waals surface area contributed by atoms with Crippen molar-refractivity contribution in [3.05, 3.63) is 23.8 Å². The molecule has 4 heterocycles. The van der Waals surface area contributed by atoms with Crippen LogP contribution in [0.4, 0.5) is 16.2 Å². The zero-order valence-corrected chi connectivity index (χ0v) is 14.1. The van der Waals surface area contributed by atoms with Gasteiger partial charge in [0.2, 0.25) is 5.91 Å². The Bertz CT molecular complexity index is 733. The molecule has 5 rings (SSSR count). The monoisotopic (exact) mass is 342 g/mol. The number of amides is 3. The number of carbonyl (C=O) groups excluding carboxylic acids is 2. The molecule has 3 amide bonds. The molecular formula is C17H22N6O2. The minimum Gasteiger partial charge on any atom is -0.387 e. The Morgan fingerprint density at radius 1 is 1.28 bits per heavy atom. The summed E-state index contributed by atoms with van der Waals surface area (Å²) in [4.78, 5) is 27.0. The molecule has 8 nitrogen and oxygen atoms in total. The number of rotatable bonds is 3. The fraction of sp³-hybridized carbons (Fsp3) is 0.471. The van der Waals surface area contributed by atoms with Gasteiger partial charge in [-0.15, -0.1) is 0 Å². The molecule has 0 saturated carbocycles. The number of anilines is 2. The summed E-state index contributed by atoms with van der Waals surface area (Å²) < 4.78 is 0. The Hall–Kier alpha value is -2.61. The van der Waals surface area contributed by atoms with Crippen LogP contribution in [0.2, 0.25) is 0 Å². The maximum atomic E-state index is 12.0. The summed E-state index contributed by atoms with van der Waals surface area (Å²) >= 11 is 0. The number of benzene rings is 1. The van der Waals surface area contributed by atoms with Crippen molar-refractivity contribution >= 4 is 29.1 Å². The summed E-state index contributed by atoms with van der Waals surface area (Å²) in [6.45, 7) is 2.22. The van der Waals surface area contributed by atoms with Crippen LogP contribution in [-0.4, -0.2) is 61.4 Å². The SMILES string of the molecule is CNc1cc(N2CC3CC(C2)N3)ccc1C(=N)N1CCC(=O)NC1=O. The molecule has 0 spiro atoms. The van der Waals surface area contributed by atoms with Crippen molar-refractivity contribution in [3.63, 3.8) is 0 Å². The van der Waals surface area contributed by atoms with Crippen LogP contribution in [0.1, 0.15) is 18.4 Å². The Morgan fingerprint density at radius 2 is 2.00 bits per heavy atom. The van der Waals surface area contributed by atoms with Gasteiger partial charge in [-0.25, -0.2) is 4.79 Å². The fourth-order valence-corrected chi connectivity index (χ4v) is 3.79. The molecule has 2 bridgehead atoms. The predicted molar refractivity (Wildman–Crippen MR) is 95.2 cm³/mol. The first kappa shape index (κ1) is 15.9. The summed E-state index contributed by atoms with van der Waals surface area (Å²) in [6.07, 6.45) is 1.46. The Kier molecular flexibility index (Phi) is 3.84. The molecule has 0 aromatic heterocycles. The van der Waals surface area contributed by atoms with Gasteiger partial charge in [-0.2, -0.15) is 0 Å². The largest absolute Gasteiger partial charge is 0.387 e. The lowest BCUT2D eigenvalue weighted by atomic mass is 9.91. The number of hydrogen-bond donors (Lipinski definition) is 4. The van der Waals surface area contributed by atoms with Crippen LogP contribution in [0, 0.1) is 5.41 Å². The zero-order valence-electron chi connectivity index (χ0n) is 14.1. The maximum Gasteiger partial charge on any atom is 0.329 e. The minimum absolute atomic E-state index is 0.101. The lowest BCUT2D eigenvalue weighted by molar-refractivity contribution is -0.121. The van der Waals surface area contributed by atoms with Gasteiger partial charge in [0.1, 0.15) is 5.84 Å². The van der Waals surface area contributed by atoms with Crippen LogP contribution in [0.15, 0.2) is 18.2 Å². The number of nitrogens with one attached hydrogen (secondary N) is 4. The summed E-state index contributed by atoms with van der Waals surface area (Å²) in [6, 6.07) is 6.52. The van der Waals surface area contributed by atoms with Crippen molar-refractivity contribution in [3.8, 4) is 0 Å². The fourth-order valence-electron chi connectivity index (χ4n) is 3.79. The molecule has 2 atom stereocenters.